The monoisotopic (exact) mass is 364 g/mol. The zero-order valence-electron chi connectivity index (χ0n) is 15.8. The zero-order chi connectivity index (χ0) is 19.2. The van der Waals surface area contributed by atoms with Gasteiger partial charge >= 0.3 is 0 Å². The fourth-order valence-electron chi connectivity index (χ4n) is 3.07. The molecular formula is C22H24N2O3. The summed E-state index contributed by atoms with van der Waals surface area (Å²) in [5.41, 5.74) is 2.78. The Morgan fingerprint density at radius 3 is 2.37 bits per heavy atom. The van der Waals surface area contributed by atoms with Crippen molar-refractivity contribution in [2.45, 2.75) is 19.4 Å². The van der Waals surface area contributed by atoms with Gasteiger partial charge in [0.15, 0.2) is 0 Å². The summed E-state index contributed by atoms with van der Waals surface area (Å²) in [7, 11) is 3.24. The van der Waals surface area contributed by atoms with Gasteiger partial charge < -0.3 is 19.4 Å². The van der Waals surface area contributed by atoms with E-state index in [2.05, 4.69) is 5.32 Å². The highest BCUT2D eigenvalue weighted by Gasteiger charge is 2.18. The molecule has 3 aromatic rings. The predicted octanol–water partition coefficient (Wildman–Crippen LogP) is 4.43. The lowest BCUT2D eigenvalue weighted by molar-refractivity contribution is -0.116. The smallest absolute Gasteiger partial charge is 0.226 e. The normalized spacial score (nSPS) is 11.7. The van der Waals surface area contributed by atoms with Gasteiger partial charge in [-0.1, -0.05) is 18.2 Å². The third-order valence-corrected chi connectivity index (χ3v) is 4.50. The fourth-order valence-corrected chi connectivity index (χ4v) is 3.07. The number of carbonyl (C=O) groups is 1. The van der Waals surface area contributed by atoms with E-state index >= 15 is 0 Å². The Morgan fingerprint density at radius 2 is 1.74 bits per heavy atom. The van der Waals surface area contributed by atoms with Gasteiger partial charge in [-0.15, -0.1) is 0 Å². The first-order valence-corrected chi connectivity index (χ1v) is 8.81. The van der Waals surface area contributed by atoms with E-state index in [1.54, 1.807) is 14.2 Å². The van der Waals surface area contributed by atoms with Crippen molar-refractivity contribution in [2.24, 2.45) is 0 Å². The Balaban J connectivity index is 1.82. The first kappa shape index (κ1) is 18.6. The number of nitrogens with one attached hydrogen (secondary N) is 1. The van der Waals surface area contributed by atoms with Gasteiger partial charge in [-0.25, -0.2) is 0 Å². The third kappa shape index (κ3) is 4.50. The van der Waals surface area contributed by atoms with Crippen LogP contribution in [-0.2, 0) is 4.79 Å². The summed E-state index contributed by atoms with van der Waals surface area (Å²) in [6, 6.07) is 17.3. The summed E-state index contributed by atoms with van der Waals surface area (Å²) < 4.78 is 12.6. The van der Waals surface area contributed by atoms with E-state index in [0.29, 0.717) is 17.9 Å². The van der Waals surface area contributed by atoms with Crippen LogP contribution in [0.15, 0.2) is 67.0 Å². The number of aryl methyl sites for hydroxylation is 1. The van der Waals surface area contributed by atoms with Gasteiger partial charge in [-0.2, -0.15) is 0 Å². The van der Waals surface area contributed by atoms with Crippen LogP contribution in [0.3, 0.4) is 0 Å². The summed E-state index contributed by atoms with van der Waals surface area (Å²) >= 11 is 0. The molecular weight excluding hydrogens is 340 g/mol. The van der Waals surface area contributed by atoms with E-state index < -0.39 is 0 Å². The molecule has 1 heterocycles. The SMILES string of the molecule is COc1ccc(C(CC(=O)Nc2cc(C)ccc2OC)n2cccc2)cc1. The Labute approximate surface area is 159 Å². The maximum absolute atomic E-state index is 12.8. The van der Waals surface area contributed by atoms with Gasteiger partial charge in [-0.3, -0.25) is 4.79 Å². The highest BCUT2D eigenvalue weighted by atomic mass is 16.5. The van der Waals surface area contributed by atoms with Crippen molar-refractivity contribution in [3.63, 3.8) is 0 Å². The van der Waals surface area contributed by atoms with Gasteiger partial charge in [0.25, 0.3) is 0 Å². The summed E-state index contributed by atoms with van der Waals surface area (Å²) in [6.07, 6.45) is 4.24. The molecule has 1 amide bonds. The molecule has 5 nitrogen and oxygen atoms in total. The van der Waals surface area contributed by atoms with E-state index in [0.717, 1.165) is 16.9 Å². The molecule has 5 heteroatoms. The summed E-state index contributed by atoms with van der Waals surface area (Å²) in [4.78, 5) is 12.8. The van der Waals surface area contributed by atoms with Gasteiger partial charge in [0, 0.05) is 12.4 Å². The number of amides is 1. The van der Waals surface area contributed by atoms with E-state index in [-0.39, 0.29) is 11.9 Å². The average Bonchev–Trinajstić information content (AvgIpc) is 3.21. The maximum atomic E-state index is 12.8. The van der Waals surface area contributed by atoms with Crippen LogP contribution in [0.5, 0.6) is 11.5 Å². The first-order chi connectivity index (χ1) is 13.1. The summed E-state index contributed by atoms with van der Waals surface area (Å²) in [5.74, 6) is 1.36. The summed E-state index contributed by atoms with van der Waals surface area (Å²) in [5, 5.41) is 2.99. The van der Waals surface area contributed by atoms with Gasteiger partial charge in [0.1, 0.15) is 11.5 Å². The molecule has 2 aromatic carbocycles. The van der Waals surface area contributed by atoms with Crippen LogP contribution >= 0.6 is 0 Å². The minimum absolute atomic E-state index is 0.0755. The van der Waals surface area contributed by atoms with Crippen LogP contribution in [0.1, 0.15) is 23.6 Å². The van der Waals surface area contributed by atoms with Crippen molar-refractivity contribution >= 4 is 11.6 Å². The number of anilines is 1. The Hall–Kier alpha value is -3.21. The lowest BCUT2D eigenvalue weighted by Crippen LogP contribution is -2.20. The topological polar surface area (TPSA) is 52.5 Å². The molecule has 140 valence electrons. The Kier molecular flexibility index (Phi) is 5.81. The minimum atomic E-state index is -0.110. The van der Waals surface area contributed by atoms with Crippen LogP contribution in [0, 0.1) is 6.92 Å². The van der Waals surface area contributed by atoms with Crippen LogP contribution < -0.4 is 14.8 Å². The van der Waals surface area contributed by atoms with Gasteiger partial charge in [-0.05, 0) is 54.4 Å². The van der Waals surface area contributed by atoms with Gasteiger partial charge in [0.2, 0.25) is 5.91 Å². The molecule has 1 N–H and O–H groups in total. The van der Waals surface area contributed by atoms with E-state index in [9.17, 15) is 4.79 Å². The second-order valence-electron chi connectivity index (χ2n) is 6.38. The highest BCUT2D eigenvalue weighted by molar-refractivity contribution is 5.92. The zero-order valence-corrected chi connectivity index (χ0v) is 15.8. The lowest BCUT2D eigenvalue weighted by atomic mass is 10.0. The van der Waals surface area contributed by atoms with E-state index in [1.165, 1.54) is 0 Å². The molecule has 1 aromatic heterocycles. The van der Waals surface area contributed by atoms with Crippen LogP contribution in [-0.4, -0.2) is 24.7 Å². The Bertz CT molecular complexity index is 886. The Morgan fingerprint density at radius 1 is 1.04 bits per heavy atom. The molecule has 3 rings (SSSR count). The number of aromatic nitrogens is 1. The third-order valence-electron chi connectivity index (χ3n) is 4.50. The molecule has 0 aliphatic rings. The fraction of sp³-hybridized carbons (Fsp3) is 0.227. The molecule has 0 spiro atoms. The quantitative estimate of drug-likeness (QED) is 0.675. The molecule has 1 atom stereocenters. The van der Waals surface area contributed by atoms with Crippen molar-refractivity contribution in [1.29, 1.82) is 0 Å². The van der Waals surface area contributed by atoms with Crippen LogP contribution in [0.2, 0.25) is 0 Å². The molecule has 27 heavy (non-hydrogen) atoms. The molecule has 0 aliphatic carbocycles. The molecule has 0 bridgehead atoms. The molecule has 0 saturated heterocycles. The van der Waals surface area contributed by atoms with Crippen molar-refractivity contribution in [1.82, 2.24) is 4.57 Å². The van der Waals surface area contributed by atoms with Gasteiger partial charge in [0.05, 0.1) is 32.4 Å². The van der Waals surface area contributed by atoms with Crippen molar-refractivity contribution in [2.75, 3.05) is 19.5 Å². The van der Waals surface area contributed by atoms with E-state index in [4.69, 9.17) is 9.47 Å². The standard InChI is InChI=1S/C22H24N2O3/c1-16-6-11-21(27-3)19(14-16)23-22(25)15-20(24-12-4-5-13-24)17-7-9-18(26-2)10-8-17/h4-14,20H,15H2,1-3H3,(H,23,25). The maximum Gasteiger partial charge on any atom is 0.226 e. The van der Waals surface area contributed by atoms with Crippen molar-refractivity contribution in [3.8, 4) is 11.5 Å². The number of carbonyl (C=O) groups excluding carboxylic acids is 1. The predicted molar refractivity (Wildman–Crippen MR) is 107 cm³/mol. The minimum Gasteiger partial charge on any atom is -0.497 e. The van der Waals surface area contributed by atoms with Crippen molar-refractivity contribution in [3.05, 3.63) is 78.1 Å². The second kappa shape index (κ2) is 8.45. The number of methoxy groups -OCH3 is 2. The average molecular weight is 364 g/mol. The lowest BCUT2D eigenvalue weighted by Gasteiger charge is -2.20. The molecule has 0 radical (unpaired) electrons. The van der Waals surface area contributed by atoms with E-state index in [1.807, 2.05) is 78.5 Å². The molecule has 0 saturated carbocycles. The highest BCUT2D eigenvalue weighted by Crippen LogP contribution is 2.28. The number of ether oxygens (including phenoxy) is 2. The second-order valence-corrected chi connectivity index (χ2v) is 6.38. The largest absolute Gasteiger partial charge is 0.497 e. The molecule has 1 unspecified atom stereocenters. The number of rotatable bonds is 7. The number of benzene rings is 2. The van der Waals surface area contributed by atoms with Crippen molar-refractivity contribution < 1.29 is 14.3 Å². The molecule has 0 fully saturated rings. The molecule has 0 aliphatic heterocycles. The number of hydrogen-bond donors (Lipinski definition) is 1. The van der Waals surface area contributed by atoms with Crippen LogP contribution in [0.25, 0.3) is 0 Å². The number of nitrogens with zero attached hydrogens (tertiary/aromatic N) is 1. The number of hydrogen-bond acceptors (Lipinski definition) is 3. The van der Waals surface area contributed by atoms with Crippen LogP contribution in [0.4, 0.5) is 5.69 Å². The summed E-state index contributed by atoms with van der Waals surface area (Å²) in [6.45, 7) is 1.98. The first-order valence-electron chi connectivity index (χ1n) is 8.81.